The second-order valence-electron chi connectivity index (χ2n) is 6.34. The van der Waals surface area contributed by atoms with Gasteiger partial charge in [0.15, 0.2) is 6.10 Å². The fourth-order valence-corrected chi connectivity index (χ4v) is 2.88. The topological polar surface area (TPSA) is 41.6 Å². The lowest BCUT2D eigenvalue weighted by molar-refractivity contribution is -0.128. The van der Waals surface area contributed by atoms with Crippen molar-refractivity contribution in [1.29, 1.82) is 0 Å². The Morgan fingerprint density at radius 1 is 1.04 bits per heavy atom. The summed E-state index contributed by atoms with van der Waals surface area (Å²) in [6.07, 6.45) is 0.146. The Morgan fingerprint density at radius 2 is 1.69 bits per heavy atom. The fraction of sp³-hybridized carbons (Fsp3) is 0.409. The average molecular weight is 354 g/mol. The highest BCUT2D eigenvalue weighted by Crippen LogP contribution is 2.19. The van der Waals surface area contributed by atoms with Crippen molar-refractivity contribution in [3.63, 3.8) is 0 Å². The Morgan fingerprint density at radius 3 is 2.27 bits per heavy atom. The number of ether oxygens (including phenoxy) is 1. The Hall–Kier alpha value is -2.49. The number of hydrogen-bond acceptors (Lipinski definition) is 3. The number of aryl methyl sites for hydroxylation is 1. The van der Waals surface area contributed by atoms with E-state index in [9.17, 15) is 4.79 Å². The molecule has 0 radical (unpaired) electrons. The second-order valence-corrected chi connectivity index (χ2v) is 6.34. The van der Waals surface area contributed by atoms with Gasteiger partial charge in [-0.2, -0.15) is 0 Å². The van der Waals surface area contributed by atoms with E-state index in [1.54, 1.807) is 0 Å². The molecule has 0 heterocycles. The number of nitrogens with zero attached hydrogens (tertiary/aromatic N) is 1. The van der Waals surface area contributed by atoms with E-state index in [0.29, 0.717) is 13.0 Å². The molecule has 0 aliphatic rings. The maximum atomic E-state index is 12.5. The zero-order chi connectivity index (χ0) is 18.9. The SMILES string of the molecule is CC[C@H](Oc1ccccc1C)C(=O)NCc1ccc(N(CC)CC)cc1. The number of rotatable bonds is 9. The first-order valence-corrected chi connectivity index (χ1v) is 9.42. The van der Waals surface area contributed by atoms with Gasteiger partial charge < -0.3 is 15.0 Å². The van der Waals surface area contributed by atoms with Gasteiger partial charge in [-0.3, -0.25) is 4.79 Å². The molecule has 0 unspecified atom stereocenters. The minimum absolute atomic E-state index is 0.0800. The summed E-state index contributed by atoms with van der Waals surface area (Å²) in [5.74, 6) is 0.682. The number of amides is 1. The summed E-state index contributed by atoms with van der Waals surface area (Å²) >= 11 is 0. The number of hydrogen-bond donors (Lipinski definition) is 1. The standard InChI is InChI=1S/C22H30N2O2/c1-5-20(26-21-11-9-8-10-17(21)4)22(25)23-16-18-12-14-19(15-13-18)24(6-2)7-3/h8-15,20H,5-7,16H2,1-4H3,(H,23,25)/t20-/m0/s1. The fourth-order valence-electron chi connectivity index (χ4n) is 2.88. The zero-order valence-electron chi connectivity index (χ0n) is 16.3. The molecule has 4 heteroatoms. The normalized spacial score (nSPS) is 11.7. The van der Waals surface area contributed by atoms with Gasteiger partial charge >= 0.3 is 0 Å². The van der Waals surface area contributed by atoms with Gasteiger partial charge in [0, 0.05) is 25.3 Å². The summed E-state index contributed by atoms with van der Waals surface area (Å²) < 4.78 is 5.91. The molecule has 0 aliphatic heterocycles. The van der Waals surface area contributed by atoms with Crippen LogP contribution in [-0.2, 0) is 11.3 Å². The maximum absolute atomic E-state index is 12.5. The van der Waals surface area contributed by atoms with Crippen molar-refractivity contribution in [2.24, 2.45) is 0 Å². The van der Waals surface area contributed by atoms with Crippen molar-refractivity contribution in [2.45, 2.75) is 46.8 Å². The van der Waals surface area contributed by atoms with Crippen LogP contribution < -0.4 is 15.0 Å². The second kappa shape index (κ2) is 9.85. The summed E-state index contributed by atoms with van der Waals surface area (Å²) in [7, 11) is 0. The maximum Gasteiger partial charge on any atom is 0.261 e. The van der Waals surface area contributed by atoms with Gasteiger partial charge in [0.2, 0.25) is 0 Å². The molecular weight excluding hydrogens is 324 g/mol. The van der Waals surface area contributed by atoms with E-state index < -0.39 is 6.10 Å². The molecule has 2 aromatic carbocycles. The van der Waals surface area contributed by atoms with E-state index >= 15 is 0 Å². The molecule has 4 nitrogen and oxygen atoms in total. The first-order chi connectivity index (χ1) is 12.6. The molecule has 140 valence electrons. The van der Waals surface area contributed by atoms with Crippen LogP contribution in [0.1, 0.15) is 38.3 Å². The van der Waals surface area contributed by atoms with Gasteiger partial charge in [-0.1, -0.05) is 37.3 Å². The minimum Gasteiger partial charge on any atom is -0.480 e. The van der Waals surface area contributed by atoms with E-state index in [2.05, 4.69) is 48.3 Å². The van der Waals surface area contributed by atoms with Crippen molar-refractivity contribution >= 4 is 11.6 Å². The highest BCUT2D eigenvalue weighted by atomic mass is 16.5. The van der Waals surface area contributed by atoms with Crippen LogP contribution in [0.3, 0.4) is 0 Å². The average Bonchev–Trinajstić information content (AvgIpc) is 2.67. The molecule has 0 bridgehead atoms. The predicted octanol–water partition coefficient (Wildman–Crippen LogP) is 4.32. The molecule has 0 saturated heterocycles. The van der Waals surface area contributed by atoms with Crippen LogP contribution in [0.25, 0.3) is 0 Å². The van der Waals surface area contributed by atoms with E-state index in [-0.39, 0.29) is 5.91 Å². The van der Waals surface area contributed by atoms with Crippen LogP contribution in [0.5, 0.6) is 5.75 Å². The van der Waals surface area contributed by atoms with E-state index in [1.165, 1.54) is 5.69 Å². The van der Waals surface area contributed by atoms with Gasteiger partial charge in [0.05, 0.1) is 0 Å². The number of anilines is 1. The predicted molar refractivity (Wildman–Crippen MR) is 108 cm³/mol. The summed E-state index contributed by atoms with van der Waals surface area (Å²) in [6.45, 7) is 10.7. The van der Waals surface area contributed by atoms with Crippen molar-refractivity contribution in [1.82, 2.24) is 5.32 Å². The highest BCUT2D eigenvalue weighted by molar-refractivity contribution is 5.81. The summed E-state index contributed by atoms with van der Waals surface area (Å²) in [5, 5.41) is 2.99. The Kier molecular flexibility index (Phi) is 7.52. The Labute approximate surface area is 157 Å². The third-order valence-corrected chi connectivity index (χ3v) is 4.56. The molecule has 1 N–H and O–H groups in total. The molecule has 0 aliphatic carbocycles. The molecule has 0 aromatic heterocycles. The number of para-hydroxylation sites is 1. The van der Waals surface area contributed by atoms with Crippen LogP contribution in [0.2, 0.25) is 0 Å². The molecule has 0 saturated carbocycles. The molecule has 26 heavy (non-hydrogen) atoms. The minimum atomic E-state index is -0.481. The molecule has 0 fully saturated rings. The van der Waals surface area contributed by atoms with Crippen LogP contribution >= 0.6 is 0 Å². The number of nitrogens with one attached hydrogen (secondary N) is 1. The van der Waals surface area contributed by atoms with Crippen molar-refractivity contribution < 1.29 is 9.53 Å². The van der Waals surface area contributed by atoms with Crippen LogP contribution in [-0.4, -0.2) is 25.1 Å². The number of carbonyl (C=O) groups is 1. The smallest absolute Gasteiger partial charge is 0.261 e. The zero-order valence-corrected chi connectivity index (χ0v) is 16.3. The lowest BCUT2D eigenvalue weighted by atomic mass is 10.1. The summed E-state index contributed by atoms with van der Waals surface area (Å²) in [6, 6.07) is 16.1. The Balaban J connectivity index is 1.93. The van der Waals surface area contributed by atoms with Crippen molar-refractivity contribution in [2.75, 3.05) is 18.0 Å². The van der Waals surface area contributed by atoms with Gasteiger partial charge in [-0.25, -0.2) is 0 Å². The number of benzene rings is 2. The quantitative estimate of drug-likeness (QED) is 0.729. The molecule has 2 aromatic rings. The Bertz CT molecular complexity index is 694. The van der Waals surface area contributed by atoms with Crippen LogP contribution in [0.15, 0.2) is 48.5 Å². The molecule has 2 rings (SSSR count). The van der Waals surface area contributed by atoms with E-state index in [4.69, 9.17) is 4.74 Å². The molecule has 0 spiro atoms. The van der Waals surface area contributed by atoms with E-state index in [0.717, 1.165) is 30.0 Å². The lowest BCUT2D eigenvalue weighted by Crippen LogP contribution is -2.37. The van der Waals surface area contributed by atoms with Gasteiger partial charge in [-0.05, 0) is 56.5 Å². The third kappa shape index (κ3) is 5.25. The first-order valence-electron chi connectivity index (χ1n) is 9.42. The largest absolute Gasteiger partial charge is 0.480 e. The number of carbonyl (C=O) groups excluding carboxylic acids is 1. The van der Waals surface area contributed by atoms with Crippen LogP contribution in [0, 0.1) is 6.92 Å². The summed E-state index contributed by atoms with van der Waals surface area (Å²) in [4.78, 5) is 14.8. The lowest BCUT2D eigenvalue weighted by Gasteiger charge is -2.21. The van der Waals surface area contributed by atoms with Crippen molar-refractivity contribution in [3.8, 4) is 5.75 Å². The van der Waals surface area contributed by atoms with Gasteiger partial charge in [0.1, 0.15) is 5.75 Å². The monoisotopic (exact) mass is 354 g/mol. The highest BCUT2D eigenvalue weighted by Gasteiger charge is 2.18. The molecule has 1 atom stereocenters. The first kappa shape index (κ1) is 19.8. The van der Waals surface area contributed by atoms with Crippen molar-refractivity contribution in [3.05, 3.63) is 59.7 Å². The van der Waals surface area contributed by atoms with Crippen LogP contribution in [0.4, 0.5) is 5.69 Å². The summed E-state index contributed by atoms with van der Waals surface area (Å²) in [5.41, 5.74) is 3.32. The third-order valence-electron chi connectivity index (χ3n) is 4.56. The molecular formula is C22H30N2O2. The van der Waals surface area contributed by atoms with Gasteiger partial charge in [-0.15, -0.1) is 0 Å². The van der Waals surface area contributed by atoms with Gasteiger partial charge in [0.25, 0.3) is 5.91 Å². The molecule has 1 amide bonds. The van der Waals surface area contributed by atoms with E-state index in [1.807, 2.05) is 38.1 Å².